The van der Waals surface area contributed by atoms with Crippen LogP contribution in [0.3, 0.4) is 0 Å². The monoisotopic (exact) mass is 391 g/mol. The summed E-state index contributed by atoms with van der Waals surface area (Å²) in [5.74, 6) is 0.149. The number of hydrogen-bond donors (Lipinski definition) is 0. The summed E-state index contributed by atoms with van der Waals surface area (Å²) in [6.45, 7) is 2.97. The van der Waals surface area contributed by atoms with Gasteiger partial charge in [-0.25, -0.2) is 8.42 Å². The second-order valence-corrected chi connectivity index (χ2v) is 9.23. The van der Waals surface area contributed by atoms with Crippen molar-refractivity contribution in [1.29, 1.82) is 0 Å². The molecule has 0 radical (unpaired) electrons. The Bertz CT molecular complexity index is 984. The molecule has 7 nitrogen and oxygen atoms in total. The lowest BCUT2D eigenvalue weighted by atomic mass is 10.1. The van der Waals surface area contributed by atoms with Crippen LogP contribution in [0, 0.1) is 0 Å². The molecule has 27 heavy (non-hydrogen) atoms. The highest BCUT2D eigenvalue weighted by Crippen LogP contribution is 2.20. The van der Waals surface area contributed by atoms with Crippen molar-refractivity contribution in [3.63, 3.8) is 0 Å². The molecule has 0 saturated carbocycles. The number of carbonyl (C=O) groups excluding carboxylic acids is 1. The Kier molecular flexibility index (Phi) is 5.94. The SMILES string of the molecule is CCCCN(C(=O)CCn1ncc(=O)c2ccccc21)C1CCS(=O)(=O)C1. The third-order valence-corrected chi connectivity index (χ3v) is 6.77. The van der Waals surface area contributed by atoms with E-state index in [1.165, 1.54) is 6.20 Å². The summed E-state index contributed by atoms with van der Waals surface area (Å²) in [7, 11) is -3.05. The van der Waals surface area contributed by atoms with Gasteiger partial charge in [0.15, 0.2) is 9.84 Å². The minimum Gasteiger partial charge on any atom is -0.339 e. The van der Waals surface area contributed by atoms with Crippen LogP contribution in [0.25, 0.3) is 10.9 Å². The first-order chi connectivity index (χ1) is 12.9. The number of para-hydroxylation sites is 1. The number of rotatable bonds is 7. The second-order valence-electron chi connectivity index (χ2n) is 7.00. The first kappa shape index (κ1) is 19.5. The van der Waals surface area contributed by atoms with Crippen molar-refractivity contribution in [1.82, 2.24) is 14.7 Å². The smallest absolute Gasteiger partial charge is 0.224 e. The summed E-state index contributed by atoms with van der Waals surface area (Å²) in [4.78, 5) is 26.5. The van der Waals surface area contributed by atoms with E-state index < -0.39 is 9.84 Å². The lowest BCUT2D eigenvalue weighted by molar-refractivity contribution is -0.133. The molecule has 8 heteroatoms. The molecule has 1 aliphatic heterocycles. The number of carbonyl (C=O) groups is 1. The zero-order chi connectivity index (χ0) is 19.4. The standard InChI is InChI=1S/C19H25N3O4S/c1-2-3-10-21(15-9-12-27(25,26)14-15)19(24)8-11-22-17-7-5-4-6-16(17)18(23)13-20-22/h4-7,13,15H,2-3,8-12,14H2,1H3. The van der Waals surface area contributed by atoms with Crippen LogP contribution >= 0.6 is 0 Å². The third-order valence-electron chi connectivity index (χ3n) is 5.02. The van der Waals surface area contributed by atoms with Gasteiger partial charge in [0.2, 0.25) is 11.3 Å². The molecule has 0 bridgehead atoms. The lowest BCUT2D eigenvalue weighted by Crippen LogP contribution is -2.42. The summed E-state index contributed by atoms with van der Waals surface area (Å²) < 4.78 is 25.3. The molecule has 3 rings (SSSR count). The van der Waals surface area contributed by atoms with Crippen molar-refractivity contribution in [2.75, 3.05) is 18.1 Å². The highest BCUT2D eigenvalue weighted by atomic mass is 32.2. The van der Waals surface area contributed by atoms with E-state index in [1.807, 2.05) is 19.1 Å². The molecule has 0 aliphatic carbocycles. The van der Waals surface area contributed by atoms with Crippen LogP contribution in [-0.4, -0.2) is 53.1 Å². The van der Waals surface area contributed by atoms with Crippen LogP contribution in [0.5, 0.6) is 0 Å². The predicted molar refractivity (Wildman–Crippen MR) is 104 cm³/mol. The summed E-state index contributed by atoms with van der Waals surface area (Å²) in [6, 6.07) is 6.96. The zero-order valence-corrected chi connectivity index (χ0v) is 16.3. The van der Waals surface area contributed by atoms with E-state index >= 15 is 0 Å². The van der Waals surface area contributed by atoms with Crippen LogP contribution in [0.1, 0.15) is 32.6 Å². The Morgan fingerprint density at radius 1 is 1.33 bits per heavy atom. The van der Waals surface area contributed by atoms with Crippen LogP contribution in [0.15, 0.2) is 35.3 Å². The molecule has 1 aromatic carbocycles. The van der Waals surface area contributed by atoms with Gasteiger partial charge in [0.1, 0.15) is 0 Å². The molecule has 146 valence electrons. The van der Waals surface area contributed by atoms with E-state index in [0.717, 1.165) is 12.8 Å². The van der Waals surface area contributed by atoms with E-state index in [0.29, 0.717) is 30.4 Å². The Morgan fingerprint density at radius 2 is 2.11 bits per heavy atom. The number of aryl methyl sites for hydroxylation is 1. The second kappa shape index (κ2) is 8.21. The highest BCUT2D eigenvalue weighted by molar-refractivity contribution is 7.91. The maximum absolute atomic E-state index is 12.9. The highest BCUT2D eigenvalue weighted by Gasteiger charge is 2.34. The van der Waals surface area contributed by atoms with Gasteiger partial charge >= 0.3 is 0 Å². The van der Waals surface area contributed by atoms with Crippen molar-refractivity contribution < 1.29 is 13.2 Å². The molecular weight excluding hydrogens is 366 g/mol. The third kappa shape index (κ3) is 4.55. The maximum Gasteiger partial charge on any atom is 0.224 e. The van der Waals surface area contributed by atoms with Gasteiger partial charge in [-0.05, 0) is 25.0 Å². The molecule has 1 atom stereocenters. The van der Waals surface area contributed by atoms with Gasteiger partial charge in [0.25, 0.3) is 0 Å². The van der Waals surface area contributed by atoms with E-state index in [9.17, 15) is 18.0 Å². The minimum atomic E-state index is -3.05. The molecule has 0 N–H and O–H groups in total. The van der Waals surface area contributed by atoms with Gasteiger partial charge in [-0.1, -0.05) is 25.5 Å². The van der Waals surface area contributed by atoms with E-state index in [2.05, 4.69) is 5.10 Å². The lowest BCUT2D eigenvalue weighted by Gasteiger charge is -2.28. The molecule has 1 aliphatic rings. The first-order valence-electron chi connectivity index (χ1n) is 9.36. The van der Waals surface area contributed by atoms with Gasteiger partial charge in [-0.15, -0.1) is 0 Å². The fraction of sp³-hybridized carbons (Fsp3) is 0.526. The maximum atomic E-state index is 12.9. The Hall–Kier alpha value is -2.22. The molecule has 1 saturated heterocycles. The van der Waals surface area contributed by atoms with Gasteiger partial charge in [0.05, 0.1) is 29.8 Å². The van der Waals surface area contributed by atoms with Crippen molar-refractivity contribution in [2.45, 2.75) is 45.2 Å². The Labute approximate surface area is 158 Å². The van der Waals surface area contributed by atoms with Crippen LogP contribution in [-0.2, 0) is 21.2 Å². The van der Waals surface area contributed by atoms with E-state index in [1.54, 1.807) is 21.7 Å². The number of aromatic nitrogens is 2. The van der Waals surface area contributed by atoms with E-state index in [4.69, 9.17) is 0 Å². The molecule has 0 spiro atoms. The fourth-order valence-corrected chi connectivity index (χ4v) is 5.28. The zero-order valence-electron chi connectivity index (χ0n) is 15.5. The van der Waals surface area contributed by atoms with Crippen molar-refractivity contribution in [2.24, 2.45) is 0 Å². The van der Waals surface area contributed by atoms with Crippen LogP contribution in [0.4, 0.5) is 0 Å². The summed E-state index contributed by atoms with van der Waals surface area (Å²) in [6.07, 6.45) is 3.79. The number of unbranched alkanes of at least 4 members (excludes halogenated alkanes) is 1. The van der Waals surface area contributed by atoms with Gasteiger partial charge in [-0.3, -0.25) is 14.3 Å². The topological polar surface area (TPSA) is 89.3 Å². The summed E-state index contributed by atoms with van der Waals surface area (Å²) >= 11 is 0. The number of hydrogen-bond acceptors (Lipinski definition) is 5. The largest absolute Gasteiger partial charge is 0.339 e. The molecular formula is C19H25N3O4S. The Morgan fingerprint density at radius 3 is 2.81 bits per heavy atom. The number of benzene rings is 1. The van der Waals surface area contributed by atoms with Gasteiger partial charge in [0, 0.05) is 24.4 Å². The summed E-state index contributed by atoms with van der Waals surface area (Å²) in [5, 5.41) is 4.73. The van der Waals surface area contributed by atoms with Crippen molar-refractivity contribution >= 4 is 26.6 Å². The van der Waals surface area contributed by atoms with Crippen LogP contribution < -0.4 is 5.43 Å². The number of nitrogens with zero attached hydrogens (tertiary/aromatic N) is 3. The van der Waals surface area contributed by atoms with E-state index in [-0.39, 0.29) is 35.3 Å². The summed E-state index contributed by atoms with van der Waals surface area (Å²) in [5.41, 5.74) is 0.551. The average Bonchev–Trinajstić information content (AvgIpc) is 3.01. The van der Waals surface area contributed by atoms with Gasteiger partial charge in [-0.2, -0.15) is 5.10 Å². The number of sulfone groups is 1. The molecule has 1 unspecified atom stereocenters. The molecule has 1 fully saturated rings. The normalized spacial score (nSPS) is 18.6. The van der Waals surface area contributed by atoms with Crippen molar-refractivity contribution in [3.05, 3.63) is 40.7 Å². The first-order valence-corrected chi connectivity index (χ1v) is 11.2. The number of amides is 1. The predicted octanol–water partition coefficient (Wildman–Crippen LogP) is 1.60. The van der Waals surface area contributed by atoms with Crippen LogP contribution in [0.2, 0.25) is 0 Å². The number of fused-ring (bicyclic) bond motifs is 1. The van der Waals surface area contributed by atoms with Gasteiger partial charge < -0.3 is 4.90 Å². The quantitative estimate of drug-likeness (QED) is 0.715. The minimum absolute atomic E-state index is 0.0572. The fourth-order valence-electron chi connectivity index (χ4n) is 3.54. The Balaban J connectivity index is 1.75. The van der Waals surface area contributed by atoms with Crippen molar-refractivity contribution in [3.8, 4) is 0 Å². The average molecular weight is 391 g/mol. The molecule has 1 aromatic heterocycles. The molecule has 1 amide bonds. The molecule has 2 aromatic rings. The molecule has 2 heterocycles.